The predicted octanol–water partition coefficient (Wildman–Crippen LogP) is 12.1. The van der Waals surface area contributed by atoms with Gasteiger partial charge in [-0.15, -0.1) is 22.7 Å². The minimum atomic E-state index is -0.894. The van der Waals surface area contributed by atoms with E-state index in [2.05, 4.69) is 51.8 Å². The zero-order valence-corrected chi connectivity index (χ0v) is 30.5. The first-order chi connectivity index (χ1) is 24.0. The third-order valence-corrected chi connectivity index (χ3v) is 12.3. The molecule has 0 fully saturated rings. The van der Waals surface area contributed by atoms with Crippen LogP contribution in [0.1, 0.15) is 70.8 Å². The average molecular weight is 729 g/mol. The maximum atomic E-state index is 14.5. The molecule has 6 nitrogen and oxygen atoms in total. The Balaban J connectivity index is 1.18. The summed E-state index contributed by atoms with van der Waals surface area (Å²) in [6.07, 6.45) is 9.87. The molecule has 0 bridgehead atoms. The van der Waals surface area contributed by atoms with Crippen LogP contribution in [0.4, 0.5) is 14.5 Å². The molecule has 0 saturated carbocycles. The van der Waals surface area contributed by atoms with E-state index in [4.69, 9.17) is 14.0 Å². The molecule has 0 saturated heterocycles. The maximum Gasteiger partial charge on any atom is 0.144 e. The third kappa shape index (κ3) is 6.69. The van der Waals surface area contributed by atoms with E-state index in [1.54, 1.807) is 28.7 Å². The summed E-state index contributed by atoms with van der Waals surface area (Å²) in [7, 11) is 0. The molecule has 0 atom stereocenters. The number of fused-ring (bicyclic) bond motifs is 3. The van der Waals surface area contributed by atoms with Crippen LogP contribution in [0.15, 0.2) is 48.5 Å². The van der Waals surface area contributed by atoms with Crippen LogP contribution in [0.2, 0.25) is 0 Å². The molecule has 49 heavy (non-hydrogen) atoms. The van der Waals surface area contributed by atoms with Crippen molar-refractivity contribution in [1.29, 1.82) is 5.26 Å². The van der Waals surface area contributed by atoms with Gasteiger partial charge in [0.1, 0.15) is 45.3 Å². The van der Waals surface area contributed by atoms with Crippen molar-refractivity contribution in [3.8, 4) is 38.1 Å². The van der Waals surface area contributed by atoms with Crippen LogP contribution in [0, 0.1) is 23.0 Å². The van der Waals surface area contributed by atoms with Crippen molar-refractivity contribution >= 4 is 83.3 Å². The largest absolute Gasteiger partial charge is 0.370 e. The number of anilines is 1. The standard InChI is InChI=1S/C37H34F2N6S4/c1-3-5-7-9-15-45(16-10-8-6-4-2)29-14-13-25(36-37(29)44-49-43-36)31-20-33-32(47-31)19-30(46-33)24-12-11-23(34-35(24)42-48-41-34)22-17-27(38)26(21-40)28(39)18-22/h11-14,17-20H,3-10,15-16H2,1-2H3. The second-order valence-electron chi connectivity index (χ2n) is 12.2. The fourth-order valence-electron chi connectivity index (χ4n) is 6.35. The van der Waals surface area contributed by atoms with E-state index in [0.29, 0.717) is 22.2 Å². The molecule has 3 aromatic carbocycles. The molecule has 4 aromatic heterocycles. The number of unbranched alkanes of at least 4 members (excludes halogenated alkanes) is 6. The van der Waals surface area contributed by atoms with Crippen molar-refractivity contribution < 1.29 is 8.78 Å². The molecule has 0 radical (unpaired) electrons. The van der Waals surface area contributed by atoms with Crippen LogP contribution in [-0.4, -0.2) is 30.6 Å². The topological polar surface area (TPSA) is 78.6 Å². The van der Waals surface area contributed by atoms with Gasteiger partial charge in [-0.25, -0.2) is 8.78 Å². The van der Waals surface area contributed by atoms with E-state index in [-0.39, 0.29) is 0 Å². The summed E-state index contributed by atoms with van der Waals surface area (Å²) in [5.74, 6) is -1.79. The monoisotopic (exact) mass is 728 g/mol. The van der Waals surface area contributed by atoms with Gasteiger partial charge in [-0.05, 0) is 54.8 Å². The van der Waals surface area contributed by atoms with E-state index in [0.717, 1.165) is 56.7 Å². The summed E-state index contributed by atoms with van der Waals surface area (Å²) in [6, 6.07) is 16.6. The number of nitrogens with zero attached hydrogens (tertiary/aromatic N) is 6. The van der Waals surface area contributed by atoms with Crippen molar-refractivity contribution in [2.45, 2.75) is 65.2 Å². The van der Waals surface area contributed by atoms with E-state index < -0.39 is 17.2 Å². The number of nitriles is 1. The van der Waals surface area contributed by atoms with E-state index >= 15 is 0 Å². The summed E-state index contributed by atoms with van der Waals surface area (Å²) >= 11 is 5.78. The van der Waals surface area contributed by atoms with Gasteiger partial charge in [-0.3, -0.25) is 0 Å². The van der Waals surface area contributed by atoms with Crippen LogP contribution < -0.4 is 4.90 Å². The second kappa shape index (κ2) is 14.9. The molecule has 7 aromatic rings. The van der Waals surface area contributed by atoms with Crippen LogP contribution in [0.25, 0.3) is 63.5 Å². The summed E-state index contributed by atoms with van der Waals surface area (Å²) in [5.41, 5.74) is 6.73. The Labute approximate surface area is 300 Å². The first-order valence-electron chi connectivity index (χ1n) is 16.7. The average Bonchev–Trinajstić information content (AvgIpc) is 3.91. The Hall–Kier alpha value is -3.89. The first kappa shape index (κ1) is 33.6. The summed E-state index contributed by atoms with van der Waals surface area (Å²) in [4.78, 5) is 4.74. The fourth-order valence-corrected chi connectivity index (χ4v) is 9.95. The van der Waals surface area contributed by atoms with Gasteiger partial charge in [0.15, 0.2) is 0 Å². The van der Waals surface area contributed by atoms with Crippen molar-refractivity contribution in [2.24, 2.45) is 0 Å². The first-order valence-corrected chi connectivity index (χ1v) is 19.8. The molecular weight excluding hydrogens is 695 g/mol. The molecule has 250 valence electrons. The number of aromatic nitrogens is 4. The Kier molecular flexibility index (Phi) is 10.2. The molecular formula is C37H34F2N6S4. The molecule has 0 aliphatic carbocycles. The van der Waals surface area contributed by atoms with Gasteiger partial charge in [0.05, 0.1) is 29.1 Å². The third-order valence-electron chi connectivity index (χ3n) is 8.92. The highest BCUT2D eigenvalue weighted by Gasteiger charge is 2.21. The second-order valence-corrected chi connectivity index (χ2v) is 15.4. The fraction of sp³-hybridized carbons (Fsp3) is 0.324. The molecule has 12 heteroatoms. The number of rotatable bonds is 14. The van der Waals surface area contributed by atoms with Gasteiger partial charge in [0, 0.05) is 48.9 Å². The zero-order valence-electron chi connectivity index (χ0n) is 27.3. The number of thiophene rings is 2. The quantitative estimate of drug-likeness (QED) is 0.104. The van der Waals surface area contributed by atoms with Crippen molar-refractivity contribution in [3.63, 3.8) is 0 Å². The van der Waals surface area contributed by atoms with E-state index in [1.807, 2.05) is 12.1 Å². The maximum absolute atomic E-state index is 14.5. The highest BCUT2D eigenvalue weighted by atomic mass is 32.1. The lowest BCUT2D eigenvalue weighted by atomic mass is 9.99. The number of hydrogen-bond donors (Lipinski definition) is 0. The highest BCUT2D eigenvalue weighted by molar-refractivity contribution is 7.31. The zero-order chi connectivity index (χ0) is 33.9. The Morgan fingerprint density at radius 2 is 1.12 bits per heavy atom. The molecule has 0 unspecified atom stereocenters. The van der Waals surface area contributed by atoms with Gasteiger partial charge < -0.3 is 4.90 Å². The van der Waals surface area contributed by atoms with E-state index in [1.165, 1.54) is 90.3 Å². The van der Waals surface area contributed by atoms with Crippen molar-refractivity contribution in [1.82, 2.24) is 17.5 Å². The van der Waals surface area contributed by atoms with Gasteiger partial charge in [-0.2, -0.15) is 22.8 Å². The van der Waals surface area contributed by atoms with E-state index in [9.17, 15) is 8.78 Å². The van der Waals surface area contributed by atoms with Crippen LogP contribution >= 0.6 is 46.1 Å². The number of halogens is 2. The molecule has 0 N–H and O–H groups in total. The molecule has 7 rings (SSSR count). The molecule has 4 heterocycles. The van der Waals surface area contributed by atoms with Gasteiger partial charge in [0.2, 0.25) is 0 Å². The lowest BCUT2D eigenvalue weighted by Gasteiger charge is -2.25. The molecule has 0 amide bonds. The normalized spacial score (nSPS) is 11.7. The van der Waals surface area contributed by atoms with Gasteiger partial charge >= 0.3 is 0 Å². The number of benzene rings is 3. The smallest absolute Gasteiger partial charge is 0.144 e. The summed E-state index contributed by atoms with van der Waals surface area (Å²) < 4.78 is 49.9. The van der Waals surface area contributed by atoms with Crippen LogP contribution in [0.5, 0.6) is 0 Å². The summed E-state index contributed by atoms with van der Waals surface area (Å²) in [5, 5.41) is 9.08. The van der Waals surface area contributed by atoms with Crippen LogP contribution in [0.3, 0.4) is 0 Å². The molecule has 0 aliphatic rings. The Morgan fingerprint density at radius 3 is 1.67 bits per heavy atom. The van der Waals surface area contributed by atoms with Crippen molar-refractivity contribution in [2.75, 3.05) is 18.0 Å². The minimum absolute atomic E-state index is 0.319. The van der Waals surface area contributed by atoms with Gasteiger partial charge in [-0.1, -0.05) is 64.5 Å². The molecule has 0 aliphatic heterocycles. The number of hydrogen-bond acceptors (Lipinski definition) is 10. The highest BCUT2D eigenvalue weighted by Crippen LogP contribution is 2.46. The predicted molar refractivity (Wildman–Crippen MR) is 203 cm³/mol. The lowest BCUT2D eigenvalue weighted by molar-refractivity contribution is 0.578. The Bertz CT molecular complexity index is 2230. The molecule has 0 spiro atoms. The van der Waals surface area contributed by atoms with Crippen molar-refractivity contribution in [3.05, 3.63) is 65.7 Å². The Morgan fingerprint density at radius 1 is 0.633 bits per heavy atom. The lowest BCUT2D eigenvalue weighted by Crippen LogP contribution is -2.26. The minimum Gasteiger partial charge on any atom is -0.370 e. The summed E-state index contributed by atoms with van der Waals surface area (Å²) in [6.45, 7) is 6.59. The van der Waals surface area contributed by atoms with Crippen LogP contribution in [-0.2, 0) is 0 Å². The SMILES string of the molecule is CCCCCCN(CCCCCC)c1ccc(-c2cc3sc(-c4ccc(-c5cc(F)c(C#N)c(F)c5)c5nsnc45)cc3s2)c2nsnc12. The van der Waals surface area contributed by atoms with Gasteiger partial charge in [0.25, 0.3) is 0 Å².